The third-order valence-corrected chi connectivity index (χ3v) is 7.84. The Kier molecular flexibility index (Phi) is 5.77. The van der Waals surface area contributed by atoms with Crippen LogP contribution in [0.15, 0.2) is 24.7 Å². The summed E-state index contributed by atoms with van der Waals surface area (Å²) in [5.41, 5.74) is 3.02. The lowest BCUT2D eigenvalue weighted by Crippen LogP contribution is -2.44. The van der Waals surface area contributed by atoms with Gasteiger partial charge in [0.2, 0.25) is 5.91 Å². The van der Waals surface area contributed by atoms with Gasteiger partial charge >= 0.3 is 0 Å². The number of rotatable bonds is 5. The highest BCUT2D eigenvalue weighted by Crippen LogP contribution is 2.42. The first kappa shape index (κ1) is 22.2. The first-order valence-corrected chi connectivity index (χ1v) is 12.9. The minimum Gasteiger partial charge on any atom is -0.489 e. The predicted octanol–water partition coefficient (Wildman–Crippen LogP) is 4.06. The van der Waals surface area contributed by atoms with Gasteiger partial charge in [0, 0.05) is 35.3 Å². The fraction of sp³-hybridized carbons (Fsp3) is 0.440. The molecule has 35 heavy (non-hydrogen) atoms. The number of fused-ring (bicyclic) bond motifs is 4. The van der Waals surface area contributed by atoms with Crippen molar-refractivity contribution in [2.75, 3.05) is 31.6 Å². The molecule has 6 rings (SSSR count). The number of aryl methyl sites for hydroxylation is 1. The molecule has 0 bridgehead atoms. The van der Waals surface area contributed by atoms with Crippen molar-refractivity contribution in [3.8, 4) is 5.75 Å². The second kappa shape index (κ2) is 9.09. The van der Waals surface area contributed by atoms with Crippen LogP contribution in [0.2, 0.25) is 0 Å². The summed E-state index contributed by atoms with van der Waals surface area (Å²) in [6.07, 6.45) is 5.86. The van der Waals surface area contributed by atoms with Crippen molar-refractivity contribution in [2.45, 2.75) is 39.2 Å². The number of hydrogen-bond donors (Lipinski definition) is 2. The lowest BCUT2D eigenvalue weighted by Gasteiger charge is -2.31. The van der Waals surface area contributed by atoms with Gasteiger partial charge in [0.05, 0.1) is 42.1 Å². The number of benzene rings is 1. The van der Waals surface area contributed by atoms with E-state index in [-0.39, 0.29) is 17.9 Å². The maximum atomic E-state index is 13.1. The van der Waals surface area contributed by atoms with E-state index < -0.39 is 0 Å². The lowest BCUT2D eigenvalue weighted by molar-refractivity contribution is -0.140. The van der Waals surface area contributed by atoms with Gasteiger partial charge in [-0.05, 0) is 44.7 Å². The Bertz CT molecular complexity index is 1390. The highest BCUT2D eigenvalue weighted by atomic mass is 32.1. The highest BCUT2D eigenvalue weighted by molar-refractivity contribution is 7.19. The summed E-state index contributed by atoms with van der Waals surface area (Å²) in [7, 11) is 0. The molecule has 1 amide bonds. The normalized spacial score (nSPS) is 18.3. The van der Waals surface area contributed by atoms with Crippen LogP contribution in [0, 0.1) is 5.92 Å². The minimum atomic E-state index is 0.0209. The zero-order chi connectivity index (χ0) is 23.9. The molecule has 10 heteroatoms. The minimum absolute atomic E-state index is 0.0209. The van der Waals surface area contributed by atoms with E-state index in [1.54, 1.807) is 23.9 Å². The van der Waals surface area contributed by atoms with Gasteiger partial charge in [0.25, 0.3) is 0 Å². The van der Waals surface area contributed by atoms with Crippen molar-refractivity contribution in [1.82, 2.24) is 25.1 Å². The van der Waals surface area contributed by atoms with Crippen LogP contribution >= 0.6 is 11.3 Å². The molecule has 3 aromatic heterocycles. The largest absolute Gasteiger partial charge is 0.489 e. The number of ether oxygens (including phenoxy) is 2. The molecule has 0 radical (unpaired) electrons. The maximum absolute atomic E-state index is 13.1. The third-order valence-electron chi connectivity index (χ3n) is 6.67. The maximum Gasteiger partial charge on any atom is 0.226 e. The second-order valence-electron chi connectivity index (χ2n) is 9.38. The van der Waals surface area contributed by atoms with E-state index in [1.165, 1.54) is 10.4 Å². The first-order chi connectivity index (χ1) is 17.1. The van der Waals surface area contributed by atoms with Gasteiger partial charge in [0.15, 0.2) is 0 Å². The number of carbonyl (C=O) groups excluding carboxylic acids is 1. The Morgan fingerprint density at radius 1 is 1.29 bits per heavy atom. The molecule has 4 heterocycles. The average Bonchev–Trinajstić information content (AvgIpc) is 3.47. The van der Waals surface area contributed by atoms with Gasteiger partial charge < -0.3 is 19.7 Å². The number of carbonyl (C=O) groups is 1. The second-order valence-corrected chi connectivity index (χ2v) is 10.5. The standard InChI is InChI=1S/C25H28N6O3S/c1-14(2)34-20-11-18-16(12-28-30-18)9-19(20)29-23-22-17-4-3-15(25(32)31-5-7-33-8-6-31)10-21(17)35-24(22)27-13-26-23/h9,11-15H,3-8,10H2,1-2H3,(H,28,30)(H,26,27,29). The molecule has 2 aliphatic rings. The molecule has 1 aromatic carbocycles. The van der Waals surface area contributed by atoms with Crippen LogP contribution in [0.25, 0.3) is 21.1 Å². The Labute approximate surface area is 206 Å². The van der Waals surface area contributed by atoms with E-state index in [2.05, 4.69) is 25.5 Å². The topological polar surface area (TPSA) is 105 Å². The van der Waals surface area contributed by atoms with Crippen molar-refractivity contribution < 1.29 is 14.3 Å². The molecule has 2 N–H and O–H groups in total. The van der Waals surface area contributed by atoms with Crippen molar-refractivity contribution >= 4 is 49.9 Å². The van der Waals surface area contributed by atoms with Crippen molar-refractivity contribution in [2.24, 2.45) is 5.92 Å². The molecule has 1 saturated heterocycles. The van der Waals surface area contributed by atoms with Gasteiger partial charge in [-0.3, -0.25) is 9.89 Å². The molecule has 1 fully saturated rings. The van der Waals surface area contributed by atoms with Gasteiger partial charge in [-0.1, -0.05) is 0 Å². The van der Waals surface area contributed by atoms with E-state index in [9.17, 15) is 4.79 Å². The lowest BCUT2D eigenvalue weighted by atomic mass is 9.86. The number of anilines is 2. The molecular weight excluding hydrogens is 464 g/mol. The number of nitrogens with zero attached hydrogens (tertiary/aromatic N) is 4. The van der Waals surface area contributed by atoms with E-state index in [0.717, 1.165) is 57.6 Å². The predicted molar refractivity (Wildman–Crippen MR) is 135 cm³/mol. The molecule has 1 unspecified atom stereocenters. The molecular formula is C25H28N6O3S. The van der Waals surface area contributed by atoms with Gasteiger partial charge in [-0.25, -0.2) is 9.97 Å². The number of morpholine rings is 1. The summed E-state index contributed by atoms with van der Waals surface area (Å²) in [6, 6.07) is 3.99. The summed E-state index contributed by atoms with van der Waals surface area (Å²) in [5, 5.41) is 12.7. The Balaban J connectivity index is 1.33. The highest BCUT2D eigenvalue weighted by Gasteiger charge is 2.32. The molecule has 4 aromatic rings. The fourth-order valence-electron chi connectivity index (χ4n) is 5.01. The van der Waals surface area contributed by atoms with E-state index in [4.69, 9.17) is 9.47 Å². The van der Waals surface area contributed by atoms with Crippen LogP contribution in [-0.2, 0) is 22.4 Å². The molecule has 182 valence electrons. The van der Waals surface area contributed by atoms with Gasteiger partial charge in [0.1, 0.15) is 22.7 Å². The van der Waals surface area contributed by atoms with Gasteiger partial charge in [-0.15, -0.1) is 11.3 Å². The number of hydrogen-bond acceptors (Lipinski definition) is 8. The molecule has 0 spiro atoms. The SMILES string of the molecule is CC(C)Oc1cc2[nH]ncc2cc1Nc1ncnc2sc3c(c12)CCC(C(=O)N1CCOCC1)C3. The van der Waals surface area contributed by atoms with Crippen LogP contribution in [-0.4, -0.2) is 63.4 Å². The summed E-state index contributed by atoms with van der Waals surface area (Å²) >= 11 is 1.68. The molecule has 1 aliphatic heterocycles. The molecule has 1 atom stereocenters. The summed E-state index contributed by atoms with van der Waals surface area (Å²) in [4.78, 5) is 26.4. The quantitative estimate of drug-likeness (QED) is 0.433. The Morgan fingerprint density at radius 2 is 2.14 bits per heavy atom. The summed E-state index contributed by atoms with van der Waals surface area (Å²) in [6.45, 7) is 6.65. The molecule has 9 nitrogen and oxygen atoms in total. The summed E-state index contributed by atoms with van der Waals surface area (Å²) in [5.74, 6) is 1.78. The van der Waals surface area contributed by atoms with Crippen LogP contribution in [0.3, 0.4) is 0 Å². The van der Waals surface area contributed by atoms with Crippen LogP contribution in [0.5, 0.6) is 5.75 Å². The molecule has 1 aliphatic carbocycles. The zero-order valence-corrected chi connectivity index (χ0v) is 20.7. The van der Waals surface area contributed by atoms with Crippen molar-refractivity contribution in [3.05, 3.63) is 35.1 Å². The van der Waals surface area contributed by atoms with Crippen LogP contribution < -0.4 is 10.1 Å². The van der Waals surface area contributed by atoms with E-state index >= 15 is 0 Å². The number of aromatic nitrogens is 4. The zero-order valence-electron chi connectivity index (χ0n) is 19.8. The number of aromatic amines is 1. The Hall–Kier alpha value is -3.24. The number of amides is 1. The smallest absolute Gasteiger partial charge is 0.226 e. The third kappa shape index (κ3) is 4.21. The first-order valence-electron chi connectivity index (χ1n) is 12.1. The van der Waals surface area contributed by atoms with Crippen molar-refractivity contribution in [1.29, 1.82) is 0 Å². The monoisotopic (exact) mass is 492 g/mol. The number of nitrogens with one attached hydrogen (secondary N) is 2. The van der Waals surface area contributed by atoms with Crippen molar-refractivity contribution in [3.63, 3.8) is 0 Å². The van der Waals surface area contributed by atoms with Crippen LogP contribution in [0.4, 0.5) is 11.5 Å². The van der Waals surface area contributed by atoms with E-state index in [0.29, 0.717) is 26.3 Å². The fourth-order valence-corrected chi connectivity index (χ4v) is 6.27. The number of thiophene rings is 1. The summed E-state index contributed by atoms with van der Waals surface area (Å²) < 4.78 is 11.5. The molecule has 0 saturated carbocycles. The average molecular weight is 493 g/mol. The Morgan fingerprint density at radius 3 is 2.97 bits per heavy atom. The number of H-pyrrole nitrogens is 1. The van der Waals surface area contributed by atoms with E-state index in [1.807, 2.05) is 30.9 Å². The van der Waals surface area contributed by atoms with Gasteiger partial charge in [-0.2, -0.15) is 5.10 Å². The van der Waals surface area contributed by atoms with Crippen LogP contribution in [0.1, 0.15) is 30.7 Å².